The molecular formula is C15H15ClFNO. The van der Waals surface area contributed by atoms with E-state index in [4.69, 9.17) is 16.3 Å². The van der Waals surface area contributed by atoms with Gasteiger partial charge in [-0.1, -0.05) is 29.8 Å². The van der Waals surface area contributed by atoms with Crippen LogP contribution < -0.4 is 10.1 Å². The number of benzene rings is 2. The van der Waals surface area contributed by atoms with Gasteiger partial charge in [-0.3, -0.25) is 0 Å². The molecule has 2 nitrogen and oxygen atoms in total. The highest BCUT2D eigenvalue weighted by molar-refractivity contribution is 6.31. The van der Waals surface area contributed by atoms with Crippen molar-refractivity contribution in [2.24, 2.45) is 0 Å². The molecule has 2 aromatic carbocycles. The number of hydrogen-bond acceptors (Lipinski definition) is 2. The fourth-order valence-corrected chi connectivity index (χ4v) is 1.93. The van der Waals surface area contributed by atoms with Crippen LogP contribution in [0.2, 0.25) is 5.02 Å². The third-order valence-electron chi connectivity index (χ3n) is 2.68. The molecule has 0 unspecified atom stereocenters. The summed E-state index contributed by atoms with van der Waals surface area (Å²) in [6.07, 6.45) is 0. The number of rotatable bonds is 5. The zero-order chi connectivity index (χ0) is 13.7. The smallest absolute Gasteiger partial charge is 0.141 e. The van der Waals surface area contributed by atoms with Crippen molar-refractivity contribution in [3.05, 3.63) is 58.9 Å². The Morgan fingerprint density at radius 3 is 2.74 bits per heavy atom. The summed E-state index contributed by atoms with van der Waals surface area (Å²) in [6.45, 7) is 3.17. The summed E-state index contributed by atoms with van der Waals surface area (Å²) in [5.74, 6) is 0.438. The molecule has 0 saturated heterocycles. The van der Waals surface area contributed by atoms with E-state index in [2.05, 4.69) is 5.32 Å². The highest BCUT2D eigenvalue weighted by Crippen LogP contribution is 2.22. The van der Waals surface area contributed by atoms with Gasteiger partial charge in [0.2, 0.25) is 0 Å². The van der Waals surface area contributed by atoms with Gasteiger partial charge in [0.25, 0.3) is 0 Å². The van der Waals surface area contributed by atoms with Crippen LogP contribution in [-0.2, 0) is 6.54 Å². The molecule has 0 aliphatic heterocycles. The second-order valence-electron chi connectivity index (χ2n) is 4.02. The van der Waals surface area contributed by atoms with Gasteiger partial charge in [-0.15, -0.1) is 0 Å². The molecule has 4 heteroatoms. The molecule has 0 aliphatic rings. The van der Waals surface area contributed by atoms with Gasteiger partial charge in [-0.05, 0) is 31.2 Å². The van der Waals surface area contributed by atoms with Gasteiger partial charge in [0.05, 0.1) is 11.6 Å². The molecule has 0 saturated carbocycles. The van der Waals surface area contributed by atoms with E-state index in [-0.39, 0.29) is 5.02 Å². The minimum atomic E-state index is -0.415. The average Bonchev–Trinajstić information content (AvgIpc) is 2.42. The SMILES string of the molecule is CCOc1ccccc1CNc1ccc(F)c(Cl)c1. The third-order valence-corrected chi connectivity index (χ3v) is 2.96. The van der Waals surface area contributed by atoms with Crippen molar-refractivity contribution in [2.75, 3.05) is 11.9 Å². The predicted octanol–water partition coefficient (Wildman–Crippen LogP) is 4.49. The summed E-state index contributed by atoms with van der Waals surface area (Å²) in [6, 6.07) is 12.4. The van der Waals surface area contributed by atoms with Crippen molar-refractivity contribution < 1.29 is 9.13 Å². The largest absolute Gasteiger partial charge is 0.494 e. The first-order valence-electron chi connectivity index (χ1n) is 6.10. The summed E-state index contributed by atoms with van der Waals surface area (Å²) >= 11 is 5.74. The average molecular weight is 280 g/mol. The number of nitrogens with one attached hydrogen (secondary N) is 1. The number of halogens is 2. The first-order chi connectivity index (χ1) is 9.20. The molecule has 2 rings (SSSR count). The lowest BCUT2D eigenvalue weighted by Gasteiger charge is -2.12. The molecule has 19 heavy (non-hydrogen) atoms. The van der Waals surface area contributed by atoms with Crippen molar-refractivity contribution in [2.45, 2.75) is 13.5 Å². The molecular weight excluding hydrogens is 265 g/mol. The maximum Gasteiger partial charge on any atom is 0.141 e. The van der Waals surface area contributed by atoms with E-state index in [0.717, 1.165) is 17.0 Å². The van der Waals surface area contributed by atoms with Gasteiger partial charge >= 0.3 is 0 Å². The Labute approximate surface area is 117 Å². The Morgan fingerprint density at radius 1 is 1.21 bits per heavy atom. The normalized spacial score (nSPS) is 10.3. The van der Waals surface area contributed by atoms with Crippen molar-refractivity contribution in [1.29, 1.82) is 0 Å². The van der Waals surface area contributed by atoms with Gasteiger partial charge in [0.15, 0.2) is 0 Å². The molecule has 0 spiro atoms. The quantitative estimate of drug-likeness (QED) is 0.871. The van der Waals surface area contributed by atoms with Crippen LogP contribution in [0, 0.1) is 5.82 Å². The van der Waals surface area contributed by atoms with Crippen LogP contribution in [0.3, 0.4) is 0 Å². The molecule has 0 aromatic heterocycles. The summed E-state index contributed by atoms with van der Waals surface area (Å²) in [7, 11) is 0. The molecule has 0 amide bonds. The van der Waals surface area contributed by atoms with Gasteiger partial charge < -0.3 is 10.1 Å². The standard InChI is InChI=1S/C15H15ClFNO/c1-2-19-15-6-4-3-5-11(15)10-18-12-7-8-14(17)13(16)9-12/h3-9,18H,2,10H2,1H3. The molecule has 0 atom stereocenters. The van der Waals surface area contributed by atoms with E-state index in [1.165, 1.54) is 6.07 Å². The fraction of sp³-hybridized carbons (Fsp3) is 0.200. The van der Waals surface area contributed by atoms with Crippen LogP contribution in [0.15, 0.2) is 42.5 Å². The number of ether oxygens (including phenoxy) is 1. The van der Waals surface area contributed by atoms with E-state index in [0.29, 0.717) is 13.2 Å². The van der Waals surface area contributed by atoms with Crippen molar-refractivity contribution >= 4 is 17.3 Å². The molecule has 2 aromatic rings. The van der Waals surface area contributed by atoms with E-state index in [1.807, 2.05) is 31.2 Å². The van der Waals surface area contributed by atoms with E-state index in [1.54, 1.807) is 12.1 Å². The van der Waals surface area contributed by atoms with Crippen LogP contribution in [0.25, 0.3) is 0 Å². The second-order valence-corrected chi connectivity index (χ2v) is 4.43. The van der Waals surface area contributed by atoms with E-state index < -0.39 is 5.82 Å². The molecule has 1 N–H and O–H groups in total. The summed E-state index contributed by atoms with van der Waals surface area (Å²) < 4.78 is 18.6. The van der Waals surface area contributed by atoms with Gasteiger partial charge in [-0.25, -0.2) is 4.39 Å². The third kappa shape index (κ3) is 3.61. The number of hydrogen-bond donors (Lipinski definition) is 1. The minimum absolute atomic E-state index is 0.114. The Morgan fingerprint density at radius 2 is 2.00 bits per heavy atom. The topological polar surface area (TPSA) is 21.3 Å². The molecule has 0 fully saturated rings. The fourth-order valence-electron chi connectivity index (χ4n) is 1.75. The summed E-state index contributed by atoms with van der Waals surface area (Å²) in [5, 5.41) is 3.31. The van der Waals surface area contributed by atoms with Crippen LogP contribution in [-0.4, -0.2) is 6.61 Å². The van der Waals surface area contributed by atoms with Crippen molar-refractivity contribution in [3.8, 4) is 5.75 Å². The highest BCUT2D eigenvalue weighted by atomic mass is 35.5. The Balaban J connectivity index is 2.07. The first kappa shape index (κ1) is 13.7. The Kier molecular flexibility index (Phi) is 4.63. The van der Waals surface area contributed by atoms with Crippen LogP contribution in [0.1, 0.15) is 12.5 Å². The van der Waals surface area contributed by atoms with Crippen LogP contribution in [0.4, 0.5) is 10.1 Å². The molecule has 100 valence electrons. The maximum absolute atomic E-state index is 13.0. The summed E-state index contributed by atoms with van der Waals surface area (Å²) in [4.78, 5) is 0. The Bertz CT molecular complexity index is 560. The molecule has 0 bridgehead atoms. The van der Waals surface area contributed by atoms with E-state index >= 15 is 0 Å². The van der Waals surface area contributed by atoms with Crippen LogP contribution >= 0.6 is 11.6 Å². The zero-order valence-corrected chi connectivity index (χ0v) is 11.4. The lowest BCUT2D eigenvalue weighted by Crippen LogP contribution is -2.03. The van der Waals surface area contributed by atoms with Gasteiger partial charge in [0.1, 0.15) is 11.6 Å². The first-order valence-corrected chi connectivity index (χ1v) is 6.48. The van der Waals surface area contributed by atoms with Crippen molar-refractivity contribution in [1.82, 2.24) is 0 Å². The molecule has 0 radical (unpaired) electrons. The molecule has 0 aliphatic carbocycles. The Hall–Kier alpha value is -1.74. The monoisotopic (exact) mass is 279 g/mol. The maximum atomic E-state index is 13.0. The van der Waals surface area contributed by atoms with Gasteiger partial charge in [-0.2, -0.15) is 0 Å². The number of anilines is 1. The minimum Gasteiger partial charge on any atom is -0.494 e. The highest BCUT2D eigenvalue weighted by Gasteiger charge is 2.04. The molecule has 0 heterocycles. The van der Waals surface area contributed by atoms with E-state index in [9.17, 15) is 4.39 Å². The lowest BCUT2D eigenvalue weighted by atomic mass is 10.2. The number of para-hydroxylation sites is 1. The van der Waals surface area contributed by atoms with Crippen LogP contribution in [0.5, 0.6) is 5.75 Å². The zero-order valence-electron chi connectivity index (χ0n) is 10.6. The van der Waals surface area contributed by atoms with Crippen molar-refractivity contribution in [3.63, 3.8) is 0 Å². The second kappa shape index (κ2) is 6.43. The predicted molar refractivity (Wildman–Crippen MR) is 76.3 cm³/mol. The summed E-state index contributed by atoms with van der Waals surface area (Å²) in [5.41, 5.74) is 1.82. The lowest BCUT2D eigenvalue weighted by molar-refractivity contribution is 0.337. The van der Waals surface area contributed by atoms with Gasteiger partial charge in [0, 0.05) is 17.8 Å².